The van der Waals surface area contributed by atoms with Crippen LogP contribution in [-0.2, 0) is 23.9 Å². The number of hydrogen-bond acceptors (Lipinski definition) is 5. The lowest BCUT2D eigenvalue weighted by Crippen LogP contribution is -2.53. The normalized spacial score (nSPS) is 34.5. The second-order valence-electron chi connectivity index (χ2n) is 6.30. The highest BCUT2D eigenvalue weighted by Crippen LogP contribution is 2.61. The number of methoxy groups -OCH3 is 2. The van der Waals surface area contributed by atoms with Gasteiger partial charge in [0.05, 0.1) is 31.3 Å². The topological polar surface area (TPSA) is 69.7 Å². The lowest BCUT2D eigenvalue weighted by Gasteiger charge is -2.54. The first kappa shape index (κ1) is 14.3. The first-order valence-electron chi connectivity index (χ1n) is 7.49. The number of ether oxygens (including phenoxy) is 2. The fraction of sp³-hybridized carbons (Fsp3) is 0.688. The molecule has 0 heterocycles. The molecule has 0 radical (unpaired) electrons. The van der Waals surface area contributed by atoms with Gasteiger partial charge in [0.2, 0.25) is 0 Å². The monoisotopic (exact) mass is 292 g/mol. The van der Waals surface area contributed by atoms with Crippen molar-refractivity contribution in [3.05, 3.63) is 11.1 Å². The molecule has 0 aromatic rings. The molecular formula is C16H20O5. The third-order valence-corrected chi connectivity index (χ3v) is 5.52. The molecule has 1 spiro atoms. The van der Waals surface area contributed by atoms with Crippen molar-refractivity contribution in [3.8, 4) is 0 Å². The Kier molecular flexibility index (Phi) is 3.38. The third-order valence-electron chi connectivity index (χ3n) is 5.52. The van der Waals surface area contributed by atoms with Gasteiger partial charge in [-0.15, -0.1) is 0 Å². The van der Waals surface area contributed by atoms with Crippen LogP contribution in [0.5, 0.6) is 0 Å². The lowest BCUT2D eigenvalue weighted by atomic mass is 9.48. The van der Waals surface area contributed by atoms with E-state index in [2.05, 4.69) is 0 Å². The number of Topliss-reactive ketones (excluding diaryl/α,β-unsaturated/α-hetero) is 1. The molecule has 0 aromatic heterocycles. The van der Waals surface area contributed by atoms with E-state index in [0.29, 0.717) is 24.3 Å². The number of ketones is 1. The smallest absolute Gasteiger partial charge is 0.335 e. The van der Waals surface area contributed by atoms with Crippen LogP contribution in [0, 0.1) is 17.3 Å². The van der Waals surface area contributed by atoms with Crippen LogP contribution in [0.1, 0.15) is 38.5 Å². The van der Waals surface area contributed by atoms with Crippen LogP contribution < -0.4 is 0 Å². The molecule has 5 nitrogen and oxygen atoms in total. The van der Waals surface area contributed by atoms with E-state index >= 15 is 0 Å². The summed E-state index contributed by atoms with van der Waals surface area (Å²) in [5, 5.41) is 0. The molecule has 5 heteroatoms. The summed E-state index contributed by atoms with van der Waals surface area (Å²) >= 11 is 0. The molecule has 3 atom stereocenters. The number of carbonyl (C=O) groups excluding carboxylic acids is 3. The van der Waals surface area contributed by atoms with E-state index in [0.717, 1.165) is 25.7 Å². The quantitative estimate of drug-likeness (QED) is 0.726. The Morgan fingerprint density at radius 3 is 2.52 bits per heavy atom. The molecule has 0 amide bonds. The van der Waals surface area contributed by atoms with Crippen molar-refractivity contribution in [2.45, 2.75) is 38.5 Å². The van der Waals surface area contributed by atoms with Gasteiger partial charge in [-0.1, -0.05) is 12.8 Å². The summed E-state index contributed by atoms with van der Waals surface area (Å²) in [6.07, 6.45) is 4.93. The van der Waals surface area contributed by atoms with Gasteiger partial charge in [-0.25, -0.2) is 9.59 Å². The fourth-order valence-electron chi connectivity index (χ4n) is 4.65. The highest BCUT2D eigenvalue weighted by molar-refractivity contribution is 6.09. The Bertz CT molecular complexity index is 547. The van der Waals surface area contributed by atoms with Crippen LogP contribution in [0.3, 0.4) is 0 Å². The zero-order chi connectivity index (χ0) is 15.2. The molecule has 2 fully saturated rings. The minimum Gasteiger partial charge on any atom is -0.466 e. The van der Waals surface area contributed by atoms with Crippen LogP contribution >= 0.6 is 0 Å². The van der Waals surface area contributed by atoms with E-state index in [9.17, 15) is 14.4 Å². The van der Waals surface area contributed by atoms with E-state index < -0.39 is 23.3 Å². The Balaban J connectivity index is 2.21. The van der Waals surface area contributed by atoms with E-state index in [1.807, 2.05) is 0 Å². The summed E-state index contributed by atoms with van der Waals surface area (Å²) in [6, 6.07) is 0. The number of esters is 2. The van der Waals surface area contributed by atoms with Crippen molar-refractivity contribution in [1.29, 1.82) is 0 Å². The molecule has 0 saturated heterocycles. The molecule has 0 N–H and O–H groups in total. The molecule has 4 rings (SSSR count). The maximum absolute atomic E-state index is 12.4. The van der Waals surface area contributed by atoms with Gasteiger partial charge in [-0.05, 0) is 25.2 Å². The first-order valence-corrected chi connectivity index (χ1v) is 7.49. The number of rotatable bonds is 2. The Labute approximate surface area is 123 Å². The highest BCUT2D eigenvalue weighted by Gasteiger charge is 2.60. The van der Waals surface area contributed by atoms with Crippen LogP contribution in [-0.4, -0.2) is 31.9 Å². The second-order valence-corrected chi connectivity index (χ2v) is 6.30. The summed E-state index contributed by atoms with van der Waals surface area (Å²) in [6.45, 7) is 0. The van der Waals surface area contributed by atoms with Crippen molar-refractivity contribution < 1.29 is 23.9 Å². The summed E-state index contributed by atoms with van der Waals surface area (Å²) < 4.78 is 9.77. The standard InChI is InChI=1S/C16H20O5/c1-20-14(18)12-10-7-9-5-3-4-6-16(9,8-11(10)17)13(12)15(19)21-2/h9-10H,3-8H2,1-2H3/t9-,10-,16-/m0/s1. The van der Waals surface area contributed by atoms with Crippen LogP contribution in [0.15, 0.2) is 11.1 Å². The van der Waals surface area contributed by atoms with Gasteiger partial charge in [0.15, 0.2) is 0 Å². The molecule has 0 aliphatic heterocycles. The zero-order valence-corrected chi connectivity index (χ0v) is 12.4. The molecule has 21 heavy (non-hydrogen) atoms. The molecule has 114 valence electrons. The summed E-state index contributed by atoms with van der Waals surface area (Å²) in [5.74, 6) is -1.15. The Morgan fingerprint density at radius 1 is 1.14 bits per heavy atom. The molecule has 4 aliphatic rings. The van der Waals surface area contributed by atoms with E-state index in [-0.39, 0.29) is 11.4 Å². The van der Waals surface area contributed by atoms with Crippen molar-refractivity contribution in [3.63, 3.8) is 0 Å². The van der Waals surface area contributed by atoms with Gasteiger partial charge in [0.1, 0.15) is 5.78 Å². The first-order chi connectivity index (χ1) is 10.0. The lowest BCUT2D eigenvalue weighted by molar-refractivity contribution is -0.148. The minimum atomic E-state index is -0.558. The largest absolute Gasteiger partial charge is 0.466 e. The minimum absolute atomic E-state index is 0.0706. The summed E-state index contributed by atoms with van der Waals surface area (Å²) in [7, 11) is 2.61. The Morgan fingerprint density at radius 2 is 1.86 bits per heavy atom. The Hall–Kier alpha value is -1.65. The fourth-order valence-corrected chi connectivity index (χ4v) is 4.65. The molecule has 0 aromatic carbocycles. The third kappa shape index (κ3) is 1.86. The SMILES string of the molecule is COC(=O)C1=C(C(=O)OC)[C@]23CCCC[C@H]2C[C@H]1C(=O)C3. The molecule has 2 bridgehead atoms. The zero-order valence-electron chi connectivity index (χ0n) is 12.4. The molecule has 0 unspecified atom stereocenters. The van der Waals surface area contributed by atoms with Gasteiger partial charge in [-0.3, -0.25) is 4.79 Å². The van der Waals surface area contributed by atoms with Crippen molar-refractivity contribution in [2.75, 3.05) is 14.2 Å². The van der Waals surface area contributed by atoms with E-state index in [4.69, 9.17) is 9.47 Å². The van der Waals surface area contributed by atoms with Gasteiger partial charge in [0, 0.05) is 11.8 Å². The average Bonchev–Trinajstić information content (AvgIpc) is 2.51. The van der Waals surface area contributed by atoms with Gasteiger partial charge in [-0.2, -0.15) is 0 Å². The summed E-state index contributed by atoms with van der Waals surface area (Å²) in [4.78, 5) is 36.9. The van der Waals surface area contributed by atoms with Crippen LogP contribution in [0.25, 0.3) is 0 Å². The maximum Gasteiger partial charge on any atom is 0.335 e. The van der Waals surface area contributed by atoms with Crippen molar-refractivity contribution in [2.24, 2.45) is 17.3 Å². The average molecular weight is 292 g/mol. The highest BCUT2D eigenvalue weighted by atomic mass is 16.5. The molecule has 2 saturated carbocycles. The predicted octanol–water partition coefficient (Wildman–Crippen LogP) is 1.80. The van der Waals surface area contributed by atoms with E-state index in [1.165, 1.54) is 14.2 Å². The predicted molar refractivity (Wildman–Crippen MR) is 73.2 cm³/mol. The second kappa shape index (κ2) is 4.97. The van der Waals surface area contributed by atoms with Gasteiger partial charge >= 0.3 is 11.9 Å². The van der Waals surface area contributed by atoms with Gasteiger partial charge < -0.3 is 9.47 Å². The number of fused-ring (bicyclic) bond motifs is 1. The van der Waals surface area contributed by atoms with E-state index in [1.54, 1.807) is 0 Å². The maximum atomic E-state index is 12.4. The van der Waals surface area contributed by atoms with Gasteiger partial charge in [0.25, 0.3) is 0 Å². The van der Waals surface area contributed by atoms with Crippen LogP contribution in [0.2, 0.25) is 0 Å². The van der Waals surface area contributed by atoms with Crippen molar-refractivity contribution in [1.82, 2.24) is 0 Å². The summed E-state index contributed by atoms with van der Waals surface area (Å²) in [5.41, 5.74) is 0.192. The number of carbonyl (C=O) groups is 3. The van der Waals surface area contributed by atoms with Crippen LogP contribution in [0.4, 0.5) is 0 Å². The van der Waals surface area contributed by atoms with Crippen molar-refractivity contribution >= 4 is 17.7 Å². The molecule has 4 aliphatic carbocycles. The number of hydrogen-bond donors (Lipinski definition) is 0. The molecular weight excluding hydrogens is 272 g/mol.